The minimum absolute atomic E-state index is 0.0713. The Labute approximate surface area is 222 Å². The van der Waals surface area contributed by atoms with Crippen LogP contribution in [0.3, 0.4) is 0 Å². The SMILES string of the molecule is O=C(CNC(=O)c1cccc(C(F)(F)F)c1)N[C@@H]1CCN(C2CCC(O)(c3nc4ccccc4s3)CC2)C1. The number of likely N-dealkylation sites (tertiary alicyclic amines) is 1. The van der Waals surface area contributed by atoms with Crippen LogP contribution in [0.4, 0.5) is 13.2 Å². The molecule has 11 heteroatoms. The van der Waals surface area contributed by atoms with Gasteiger partial charge in [-0.1, -0.05) is 18.2 Å². The number of fused-ring (bicyclic) bond motifs is 1. The first-order chi connectivity index (χ1) is 18.1. The van der Waals surface area contributed by atoms with E-state index in [4.69, 9.17) is 0 Å². The Morgan fingerprint density at radius 3 is 2.61 bits per heavy atom. The van der Waals surface area contributed by atoms with Gasteiger partial charge in [0.05, 0.1) is 22.3 Å². The van der Waals surface area contributed by atoms with Crippen LogP contribution in [-0.4, -0.2) is 58.5 Å². The first kappa shape index (κ1) is 26.6. The van der Waals surface area contributed by atoms with Gasteiger partial charge in [-0.15, -0.1) is 11.3 Å². The molecule has 2 aromatic carbocycles. The lowest BCUT2D eigenvalue weighted by molar-refractivity contribution is -0.137. The van der Waals surface area contributed by atoms with Crippen molar-refractivity contribution < 1.29 is 27.9 Å². The normalized spacial score (nSPS) is 24.4. The van der Waals surface area contributed by atoms with Crippen LogP contribution >= 0.6 is 11.3 Å². The fourth-order valence-electron chi connectivity index (χ4n) is 5.35. The van der Waals surface area contributed by atoms with Crippen LogP contribution in [0, 0.1) is 0 Å². The van der Waals surface area contributed by atoms with E-state index in [1.807, 2.05) is 24.3 Å². The molecule has 1 aliphatic heterocycles. The highest BCUT2D eigenvalue weighted by Crippen LogP contribution is 2.42. The summed E-state index contributed by atoms with van der Waals surface area (Å²) in [5, 5.41) is 17.4. The van der Waals surface area contributed by atoms with Gasteiger partial charge in [0.25, 0.3) is 5.91 Å². The molecule has 2 amide bonds. The number of rotatable bonds is 6. The van der Waals surface area contributed by atoms with Crippen LogP contribution < -0.4 is 10.6 Å². The summed E-state index contributed by atoms with van der Waals surface area (Å²) >= 11 is 1.55. The minimum atomic E-state index is -4.55. The molecule has 0 spiro atoms. The smallest absolute Gasteiger partial charge is 0.383 e. The Balaban J connectivity index is 1.08. The molecular formula is C27H29F3N4O3S. The molecule has 1 saturated carbocycles. The number of aromatic nitrogens is 1. The number of carbonyl (C=O) groups excluding carboxylic acids is 2. The number of benzene rings is 2. The summed E-state index contributed by atoms with van der Waals surface area (Å²) in [5.41, 5.74) is -1.07. The van der Waals surface area contributed by atoms with Gasteiger partial charge in [-0.05, 0) is 62.4 Å². The van der Waals surface area contributed by atoms with Gasteiger partial charge in [0.1, 0.15) is 10.6 Å². The fourth-order valence-corrected chi connectivity index (χ4v) is 6.46. The van der Waals surface area contributed by atoms with Crippen molar-refractivity contribution in [3.63, 3.8) is 0 Å². The maximum atomic E-state index is 12.9. The van der Waals surface area contributed by atoms with Gasteiger partial charge in [-0.3, -0.25) is 14.5 Å². The third-order valence-electron chi connectivity index (χ3n) is 7.44. The number of para-hydroxylation sites is 1. The van der Waals surface area contributed by atoms with Gasteiger partial charge in [0.15, 0.2) is 0 Å². The van der Waals surface area contributed by atoms with Crippen molar-refractivity contribution in [2.24, 2.45) is 0 Å². The predicted molar refractivity (Wildman–Crippen MR) is 138 cm³/mol. The van der Waals surface area contributed by atoms with Crippen LogP contribution in [0.1, 0.15) is 53.0 Å². The first-order valence-electron chi connectivity index (χ1n) is 12.7. The summed E-state index contributed by atoms with van der Waals surface area (Å²) in [4.78, 5) is 31.6. The molecule has 7 nitrogen and oxygen atoms in total. The number of alkyl halides is 3. The number of amides is 2. The molecular weight excluding hydrogens is 517 g/mol. The van der Waals surface area contributed by atoms with Crippen LogP contribution in [0.5, 0.6) is 0 Å². The topological polar surface area (TPSA) is 94.6 Å². The molecule has 1 saturated heterocycles. The zero-order valence-electron chi connectivity index (χ0n) is 20.6. The van der Waals surface area contributed by atoms with Crippen molar-refractivity contribution in [3.8, 4) is 0 Å². The van der Waals surface area contributed by atoms with Crippen molar-refractivity contribution in [1.29, 1.82) is 0 Å². The van der Waals surface area contributed by atoms with Crippen LogP contribution in [0.2, 0.25) is 0 Å². The third-order valence-corrected chi connectivity index (χ3v) is 8.67. The predicted octanol–water partition coefficient (Wildman–Crippen LogP) is 4.07. The van der Waals surface area contributed by atoms with E-state index in [0.717, 1.165) is 59.2 Å². The molecule has 38 heavy (non-hydrogen) atoms. The number of hydrogen-bond acceptors (Lipinski definition) is 6. The van der Waals surface area contributed by atoms with Crippen molar-refractivity contribution in [1.82, 2.24) is 20.5 Å². The zero-order chi connectivity index (χ0) is 26.9. The Kier molecular flexibility index (Phi) is 7.43. The molecule has 0 radical (unpaired) electrons. The van der Waals surface area contributed by atoms with Crippen LogP contribution in [-0.2, 0) is 16.6 Å². The van der Waals surface area contributed by atoms with E-state index in [9.17, 15) is 27.9 Å². The Hall–Kier alpha value is -3.02. The maximum Gasteiger partial charge on any atom is 0.416 e. The molecule has 3 N–H and O–H groups in total. The highest BCUT2D eigenvalue weighted by molar-refractivity contribution is 7.18. The van der Waals surface area contributed by atoms with Crippen LogP contribution in [0.15, 0.2) is 48.5 Å². The summed E-state index contributed by atoms with van der Waals surface area (Å²) in [6, 6.07) is 12.2. The van der Waals surface area contributed by atoms with Crippen molar-refractivity contribution in [2.45, 2.75) is 56.0 Å². The van der Waals surface area contributed by atoms with E-state index >= 15 is 0 Å². The average molecular weight is 547 g/mol. The molecule has 1 atom stereocenters. The largest absolute Gasteiger partial charge is 0.416 e. The number of thiazole rings is 1. The molecule has 3 aromatic rings. The summed E-state index contributed by atoms with van der Waals surface area (Å²) in [6.45, 7) is 1.19. The minimum Gasteiger partial charge on any atom is -0.383 e. The van der Waals surface area contributed by atoms with Crippen LogP contribution in [0.25, 0.3) is 10.2 Å². The van der Waals surface area contributed by atoms with E-state index < -0.39 is 23.2 Å². The van der Waals surface area contributed by atoms with E-state index in [-0.39, 0.29) is 24.1 Å². The van der Waals surface area contributed by atoms with Gasteiger partial charge < -0.3 is 15.7 Å². The second-order valence-electron chi connectivity index (χ2n) is 10.1. The van der Waals surface area contributed by atoms with Crippen molar-refractivity contribution in [3.05, 3.63) is 64.7 Å². The highest BCUT2D eigenvalue weighted by Gasteiger charge is 2.40. The van der Waals surface area contributed by atoms with Gasteiger partial charge >= 0.3 is 6.18 Å². The average Bonchev–Trinajstić information content (AvgIpc) is 3.55. The summed E-state index contributed by atoms with van der Waals surface area (Å²) < 4.78 is 39.7. The summed E-state index contributed by atoms with van der Waals surface area (Å²) in [6.07, 6.45) is -0.847. The zero-order valence-corrected chi connectivity index (χ0v) is 21.4. The molecule has 202 valence electrons. The van der Waals surface area contributed by atoms with E-state index in [1.54, 1.807) is 11.3 Å². The Morgan fingerprint density at radius 2 is 1.87 bits per heavy atom. The molecule has 1 aromatic heterocycles. The van der Waals surface area contributed by atoms with Crippen molar-refractivity contribution in [2.75, 3.05) is 19.6 Å². The molecule has 2 fully saturated rings. The number of nitrogens with one attached hydrogen (secondary N) is 2. The first-order valence-corrected chi connectivity index (χ1v) is 13.5. The van der Waals surface area contributed by atoms with E-state index in [2.05, 4.69) is 20.5 Å². The monoisotopic (exact) mass is 546 g/mol. The molecule has 0 bridgehead atoms. The second-order valence-corrected chi connectivity index (χ2v) is 11.1. The molecule has 0 unspecified atom stereocenters. The van der Waals surface area contributed by atoms with Gasteiger partial charge in [-0.2, -0.15) is 13.2 Å². The lowest BCUT2D eigenvalue weighted by atomic mass is 9.82. The number of nitrogens with zero attached hydrogens (tertiary/aromatic N) is 2. The lowest BCUT2D eigenvalue weighted by Gasteiger charge is -2.38. The summed E-state index contributed by atoms with van der Waals surface area (Å²) in [7, 11) is 0. The number of hydrogen-bond donors (Lipinski definition) is 3. The Morgan fingerprint density at radius 1 is 1.11 bits per heavy atom. The van der Waals surface area contributed by atoms with Crippen molar-refractivity contribution >= 4 is 33.4 Å². The summed E-state index contributed by atoms with van der Waals surface area (Å²) in [5.74, 6) is -1.12. The lowest BCUT2D eigenvalue weighted by Crippen LogP contribution is -2.45. The van der Waals surface area contributed by atoms with E-state index in [0.29, 0.717) is 25.4 Å². The molecule has 1 aliphatic carbocycles. The van der Waals surface area contributed by atoms with Gasteiger partial charge in [-0.25, -0.2) is 4.98 Å². The number of aliphatic hydroxyl groups is 1. The molecule has 2 aliphatic rings. The highest BCUT2D eigenvalue weighted by atomic mass is 32.1. The second kappa shape index (κ2) is 10.6. The standard InChI is InChI=1S/C27H29F3N4O3S/c28-27(29,30)18-5-3-4-17(14-18)24(36)31-15-23(35)32-19-10-13-34(16-19)20-8-11-26(37,12-9-20)25-33-21-6-1-2-7-22(21)38-25/h1-7,14,19-20,37H,8-13,15-16H2,(H,31,36)(H,32,35)/t19-,20?,26?/m1/s1. The molecule has 5 rings (SSSR count). The number of carbonyl (C=O) groups is 2. The quantitative estimate of drug-likeness (QED) is 0.434. The number of halogens is 3. The molecule has 2 heterocycles. The van der Waals surface area contributed by atoms with Gasteiger partial charge in [0, 0.05) is 30.7 Å². The third kappa shape index (κ3) is 5.84. The maximum absolute atomic E-state index is 12.9. The Bertz CT molecular complexity index is 1290. The van der Waals surface area contributed by atoms with E-state index in [1.165, 1.54) is 6.07 Å². The fraction of sp³-hybridized carbons (Fsp3) is 0.444. The van der Waals surface area contributed by atoms with Gasteiger partial charge in [0.2, 0.25) is 5.91 Å².